The fraction of sp³-hybridized carbons (Fsp3) is 0.636. The molecule has 1 heterocycles. The van der Waals surface area contributed by atoms with E-state index < -0.39 is 29.8 Å². The van der Waals surface area contributed by atoms with Crippen LogP contribution in [0.3, 0.4) is 0 Å². The zero-order valence-corrected chi connectivity index (χ0v) is 8.79. The summed E-state index contributed by atoms with van der Waals surface area (Å²) in [5.41, 5.74) is 0. The number of rotatable bonds is 2. The maximum absolute atomic E-state index is 13.3. The van der Waals surface area contributed by atoms with Crippen molar-refractivity contribution in [1.82, 2.24) is 0 Å². The fourth-order valence-corrected chi connectivity index (χ4v) is 1.78. The van der Waals surface area contributed by atoms with Crippen LogP contribution in [0.25, 0.3) is 0 Å². The lowest BCUT2D eigenvalue weighted by Gasteiger charge is -2.28. The molecule has 0 bridgehead atoms. The molecule has 1 fully saturated rings. The van der Waals surface area contributed by atoms with Crippen molar-refractivity contribution >= 4 is 0 Å². The Bertz CT molecular complexity index is 319. The molecule has 0 spiro atoms. The first-order valence-electron chi connectivity index (χ1n) is 5.38. The summed E-state index contributed by atoms with van der Waals surface area (Å²) in [4.78, 5) is 0. The van der Waals surface area contributed by atoms with Crippen LogP contribution >= 0.6 is 0 Å². The molecule has 0 aromatic rings. The summed E-state index contributed by atoms with van der Waals surface area (Å²) >= 11 is 0. The fourth-order valence-electron chi connectivity index (χ4n) is 1.78. The quantitative estimate of drug-likeness (QED) is 0.795. The molecule has 5 heteroatoms. The zero-order chi connectivity index (χ0) is 11.5. The van der Waals surface area contributed by atoms with Gasteiger partial charge >= 0.3 is 0 Å². The van der Waals surface area contributed by atoms with Gasteiger partial charge < -0.3 is 14.6 Å². The van der Waals surface area contributed by atoms with Gasteiger partial charge in [-0.25, -0.2) is 8.78 Å². The van der Waals surface area contributed by atoms with Gasteiger partial charge in [0, 0.05) is 19.1 Å². The number of aliphatic hydroxyl groups excluding tert-OH is 1. The van der Waals surface area contributed by atoms with E-state index in [-0.39, 0.29) is 6.42 Å². The average Bonchev–Trinajstić information content (AvgIpc) is 2.27. The molecule has 1 N–H and O–H groups in total. The average molecular weight is 232 g/mol. The second kappa shape index (κ2) is 4.93. The first-order chi connectivity index (χ1) is 7.66. The predicted octanol–water partition coefficient (Wildman–Crippen LogP) is 2.89. The van der Waals surface area contributed by atoms with Gasteiger partial charge in [-0.3, -0.25) is 0 Å². The van der Waals surface area contributed by atoms with Gasteiger partial charge in [-0.05, 0) is 19.3 Å². The molecule has 1 saturated heterocycles. The molecule has 0 aromatic carbocycles. The number of ether oxygens (including phenoxy) is 2. The molecule has 2 atom stereocenters. The van der Waals surface area contributed by atoms with Crippen molar-refractivity contribution in [2.24, 2.45) is 0 Å². The molecule has 1 aliphatic carbocycles. The topological polar surface area (TPSA) is 38.7 Å². The van der Waals surface area contributed by atoms with Gasteiger partial charge in [0.25, 0.3) is 0 Å². The highest BCUT2D eigenvalue weighted by molar-refractivity contribution is 5.25. The van der Waals surface area contributed by atoms with Gasteiger partial charge in [-0.2, -0.15) is 0 Å². The van der Waals surface area contributed by atoms with Crippen LogP contribution in [-0.4, -0.2) is 24.1 Å². The van der Waals surface area contributed by atoms with Crippen molar-refractivity contribution in [1.29, 1.82) is 0 Å². The standard InChI is InChI=1S/C11H14F2O3/c12-7-6-10(8(13)5-9(7)14)16-11-3-1-2-4-15-11/h5,10-11,14H,1-4,6H2. The molecule has 90 valence electrons. The molecule has 2 aliphatic rings. The maximum Gasteiger partial charge on any atom is 0.158 e. The van der Waals surface area contributed by atoms with Gasteiger partial charge in [-0.15, -0.1) is 0 Å². The number of aliphatic hydroxyl groups is 1. The second-order valence-corrected chi connectivity index (χ2v) is 3.94. The van der Waals surface area contributed by atoms with E-state index in [2.05, 4.69) is 0 Å². The van der Waals surface area contributed by atoms with Crippen molar-refractivity contribution < 1.29 is 23.4 Å². The summed E-state index contributed by atoms with van der Waals surface area (Å²) in [6, 6.07) is 0. The Morgan fingerprint density at radius 3 is 2.88 bits per heavy atom. The predicted molar refractivity (Wildman–Crippen MR) is 53.0 cm³/mol. The molecule has 1 aliphatic heterocycles. The van der Waals surface area contributed by atoms with E-state index in [9.17, 15) is 8.78 Å². The highest BCUT2D eigenvalue weighted by Crippen LogP contribution is 2.29. The van der Waals surface area contributed by atoms with Gasteiger partial charge in [-0.1, -0.05) is 0 Å². The third-order valence-corrected chi connectivity index (χ3v) is 2.68. The van der Waals surface area contributed by atoms with Crippen molar-refractivity contribution in [2.75, 3.05) is 6.61 Å². The molecular weight excluding hydrogens is 218 g/mol. The molecule has 0 saturated carbocycles. The summed E-state index contributed by atoms with van der Waals surface area (Å²) in [5.74, 6) is -2.06. The smallest absolute Gasteiger partial charge is 0.158 e. The van der Waals surface area contributed by atoms with Crippen molar-refractivity contribution in [3.05, 3.63) is 23.5 Å². The normalized spacial score (nSPS) is 31.5. The first-order valence-corrected chi connectivity index (χ1v) is 5.38. The van der Waals surface area contributed by atoms with Crippen molar-refractivity contribution in [2.45, 2.75) is 38.1 Å². The third-order valence-electron chi connectivity index (χ3n) is 2.68. The van der Waals surface area contributed by atoms with Gasteiger partial charge in [0.05, 0.1) is 0 Å². The monoisotopic (exact) mass is 232 g/mol. The minimum absolute atomic E-state index is 0.270. The Kier molecular flexibility index (Phi) is 3.56. The van der Waals surface area contributed by atoms with E-state index in [1.807, 2.05) is 0 Å². The summed E-state index contributed by atoms with van der Waals surface area (Å²) in [6.45, 7) is 0.590. The number of hydrogen-bond donors (Lipinski definition) is 1. The van der Waals surface area contributed by atoms with Crippen molar-refractivity contribution in [3.8, 4) is 0 Å². The van der Waals surface area contributed by atoms with Gasteiger partial charge in [0.2, 0.25) is 0 Å². The number of allylic oxidation sites excluding steroid dienone is 1. The Morgan fingerprint density at radius 2 is 2.19 bits per heavy atom. The molecule has 2 unspecified atom stereocenters. The van der Waals surface area contributed by atoms with Gasteiger partial charge in [0.15, 0.2) is 6.29 Å². The Morgan fingerprint density at radius 1 is 1.38 bits per heavy atom. The van der Waals surface area contributed by atoms with Crippen LogP contribution in [0.5, 0.6) is 0 Å². The molecule has 0 radical (unpaired) electrons. The third kappa shape index (κ3) is 2.59. The lowest BCUT2D eigenvalue weighted by Crippen LogP contribution is -2.29. The van der Waals surface area contributed by atoms with Crippen LogP contribution in [0.15, 0.2) is 23.5 Å². The van der Waals surface area contributed by atoms with Crippen LogP contribution in [0.4, 0.5) is 8.78 Å². The van der Waals surface area contributed by atoms with Crippen LogP contribution in [-0.2, 0) is 9.47 Å². The van der Waals surface area contributed by atoms with E-state index in [0.29, 0.717) is 13.0 Å². The van der Waals surface area contributed by atoms with E-state index in [1.165, 1.54) is 0 Å². The minimum Gasteiger partial charge on any atom is -0.505 e. The van der Waals surface area contributed by atoms with Crippen molar-refractivity contribution in [3.63, 3.8) is 0 Å². The van der Waals surface area contributed by atoms with E-state index in [4.69, 9.17) is 14.6 Å². The lowest BCUT2D eigenvalue weighted by atomic mass is 10.1. The van der Waals surface area contributed by atoms with E-state index >= 15 is 0 Å². The van der Waals surface area contributed by atoms with Gasteiger partial charge in [0.1, 0.15) is 23.5 Å². The lowest BCUT2D eigenvalue weighted by molar-refractivity contribution is -0.184. The number of halogens is 2. The summed E-state index contributed by atoms with van der Waals surface area (Å²) < 4.78 is 37.0. The molecule has 16 heavy (non-hydrogen) atoms. The summed E-state index contributed by atoms with van der Waals surface area (Å²) in [7, 11) is 0. The SMILES string of the molecule is OC1=C(F)CC(OC2CCCCO2)C(F)=C1. The molecule has 0 aromatic heterocycles. The molecule has 3 nitrogen and oxygen atoms in total. The van der Waals surface area contributed by atoms with Crippen LogP contribution in [0.2, 0.25) is 0 Å². The molecule has 0 amide bonds. The van der Waals surface area contributed by atoms with Crippen LogP contribution in [0, 0.1) is 0 Å². The Balaban J connectivity index is 1.94. The van der Waals surface area contributed by atoms with Crippen LogP contribution < -0.4 is 0 Å². The minimum atomic E-state index is -0.973. The summed E-state index contributed by atoms with van der Waals surface area (Å²) in [6.07, 6.45) is 1.68. The van der Waals surface area contributed by atoms with E-state index in [0.717, 1.165) is 18.9 Å². The highest BCUT2D eigenvalue weighted by atomic mass is 19.1. The Labute approximate surface area is 92.4 Å². The largest absolute Gasteiger partial charge is 0.505 e. The first kappa shape index (κ1) is 11.5. The van der Waals surface area contributed by atoms with E-state index in [1.54, 1.807) is 0 Å². The zero-order valence-electron chi connectivity index (χ0n) is 8.79. The van der Waals surface area contributed by atoms with Crippen LogP contribution in [0.1, 0.15) is 25.7 Å². The number of hydrogen-bond acceptors (Lipinski definition) is 3. The second-order valence-electron chi connectivity index (χ2n) is 3.94. The maximum atomic E-state index is 13.3. The molecule has 2 rings (SSSR count). The Hall–Kier alpha value is -0.940. The highest BCUT2D eigenvalue weighted by Gasteiger charge is 2.28. The molecular formula is C11H14F2O3. The summed E-state index contributed by atoms with van der Waals surface area (Å²) in [5, 5.41) is 8.97.